The quantitative estimate of drug-likeness (QED) is 0.933. The van der Waals surface area contributed by atoms with Gasteiger partial charge in [-0.15, -0.1) is 0 Å². The molecule has 118 valence electrons. The lowest BCUT2D eigenvalue weighted by Crippen LogP contribution is -2.48. The summed E-state index contributed by atoms with van der Waals surface area (Å²) in [6.45, 7) is 0.421. The molecule has 2 aliphatic rings. The maximum absolute atomic E-state index is 13.8. The van der Waals surface area contributed by atoms with Crippen molar-refractivity contribution >= 4 is 11.9 Å². The highest BCUT2D eigenvalue weighted by Crippen LogP contribution is 2.49. The molecule has 22 heavy (non-hydrogen) atoms. The maximum Gasteiger partial charge on any atom is 0.326 e. The lowest BCUT2D eigenvalue weighted by Gasteiger charge is -2.33. The molecule has 0 bridgehead atoms. The second kappa shape index (κ2) is 5.66. The number of carbonyl (C=O) groups is 2. The van der Waals surface area contributed by atoms with Gasteiger partial charge in [0.15, 0.2) is 0 Å². The number of hydrogen-bond donors (Lipinski definition) is 1. The van der Waals surface area contributed by atoms with Gasteiger partial charge in [0.2, 0.25) is 5.91 Å². The van der Waals surface area contributed by atoms with Gasteiger partial charge in [-0.1, -0.05) is 0 Å². The molecule has 1 saturated heterocycles. The van der Waals surface area contributed by atoms with Gasteiger partial charge >= 0.3 is 5.97 Å². The molecular formula is C16H17F2NO3. The number of aliphatic carboxylic acids is 1. The van der Waals surface area contributed by atoms with Gasteiger partial charge < -0.3 is 10.0 Å². The molecule has 1 aromatic rings. The molecule has 1 saturated carbocycles. The monoisotopic (exact) mass is 309 g/mol. The van der Waals surface area contributed by atoms with Gasteiger partial charge in [0, 0.05) is 12.5 Å². The number of likely N-dealkylation sites (tertiary alicyclic amines) is 1. The zero-order chi connectivity index (χ0) is 15.9. The van der Waals surface area contributed by atoms with Crippen molar-refractivity contribution in [3.63, 3.8) is 0 Å². The molecule has 0 spiro atoms. The number of rotatable bonds is 3. The maximum atomic E-state index is 13.8. The lowest BCUT2D eigenvalue weighted by molar-refractivity contribution is -0.152. The van der Waals surface area contributed by atoms with E-state index in [4.69, 9.17) is 0 Å². The van der Waals surface area contributed by atoms with E-state index in [9.17, 15) is 23.5 Å². The van der Waals surface area contributed by atoms with Gasteiger partial charge in [0.1, 0.15) is 17.7 Å². The first-order chi connectivity index (χ1) is 10.5. The first-order valence-corrected chi connectivity index (χ1v) is 7.47. The van der Waals surface area contributed by atoms with Crippen LogP contribution in [0.15, 0.2) is 18.2 Å². The summed E-state index contributed by atoms with van der Waals surface area (Å²) in [7, 11) is 0. The summed E-state index contributed by atoms with van der Waals surface area (Å²) in [5.41, 5.74) is 0.210. The van der Waals surface area contributed by atoms with Gasteiger partial charge in [0.25, 0.3) is 0 Å². The third-order valence-corrected chi connectivity index (χ3v) is 4.54. The molecule has 1 aromatic carbocycles. The second-order valence-corrected chi connectivity index (χ2v) is 6.00. The van der Waals surface area contributed by atoms with Crippen LogP contribution in [0, 0.1) is 17.6 Å². The van der Waals surface area contributed by atoms with Gasteiger partial charge in [-0.25, -0.2) is 13.6 Å². The molecule has 2 unspecified atom stereocenters. The number of nitrogens with zero attached hydrogens (tertiary/aromatic N) is 1. The highest BCUT2D eigenvalue weighted by molar-refractivity contribution is 5.87. The van der Waals surface area contributed by atoms with Crippen LogP contribution in [0.3, 0.4) is 0 Å². The Kier molecular flexibility index (Phi) is 3.85. The molecule has 3 rings (SSSR count). The Morgan fingerprint density at radius 2 is 2.00 bits per heavy atom. The fourth-order valence-electron chi connectivity index (χ4n) is 3.28. The molecule has 0 aromatic heterocycles. The number of amides is 1. The van der Waals surface area contributed by atoms with E-state index < -0.39 is 29.6 Å². The molecule has 4 nitrogen and oxygen atoms in total. The van der Waals surface area contributed by atoms with Crippen molar-refractivity contribution in [1.29, 1.82) is 0 Å². The van der Waals surface area contributed by atoms with Crippen LogP contribution < -0.4 is 0 Å². The Morgan fingerprint density at radius 1 is 1.23 bits per heavy atom. The smallest absolute Gasteiger partial charge is 0.326 e. The van der Waals surface area contributed by atoms with Crippen molar-refractivity contribution in [2.75, 3.05) is 6.54 Å². The third-order valence-electron chi connectivity index (χ3n) is 4.54. The zero-order valence-corrected chi connectivity index (χ0v) is 12.0. The topological polar surface area (TPSA) is 57.6 Å². The molecule has 0 radical (unpaired) electrons. The molecule has 3 atom stereocenters. The largest absolute Gasteiger partial charge is 0.480 e. The molecule has 1 aliphatic carbocycles. The second-order valence-electron chi connectivity index (χ2n) is 6.00. The van der Waals surface area contributed by atoms with Gasteiger partial charge in [0.05, 0.1) is 0 Å². The number of piperidine rings is 1. The van der Waals surface area contributed by atoms with Crippen LogP contribution in [0.4, 0.5) is 8.78 Å². The molecule has 1 aliphatic heterocycles. The van der Waals surface area contributed by atoms with Crippen LogP contribution in [-0.4, -0.2) is 34.5 Å². The van der Waals surface area contributed by atoms with Crippen LogP contribution >= 0.6 is 0 Å². The predicted molar refractivity (Wildman–Crippen MR) is 74.2 cm³/mol. The Bertz CT molecular complexity index is 619. The van der Waals surface area contributed by atoms with E-state index in [-0.39, 0.29) is 17.4 Å². The summed E-state index contributed by atoms with van der Waals surface area (Å²) >= 11 is 0. The molecule has 1 amide bonds. The van der Waals surface area contributed by atoms with Gasteiger partial charge in [-0.3, -0.25) is 4.79 Å². The Morgan fingerprint density at radius 3 is 2.73 bits per heavy atom. The van der Waals surface area contributed by atoms with E-state index >= 15 is 0 Å². The third kappa shape index (κ3) is 2.69. The first kappa shape index (κ1) is 14.9. The molecule has 1 N–H and O–H groups in total. The highest BCUT2D eigenvalue weighted by Gasteiger charge is 2.49. The van der Waals surface area contributed by atoms with Gasteiger partial charge in [-0.05, 0) is 55.4 Å². The summed E-state index contributed by atoms with van der Waals surface area (Å²) in [5, 5.41) is 9.22. The van der Waals surface area contributed by atoms with E-state index in [1.165, 1.54) is 4.90 Å². The minimum absolute atomic E-state index is 0.210. The number of benzene rings is 1. The Labute approximate surface area is 126 Å². The van der Waals surface area contributed by atoms with Crippen LogP contribution in [0.1, 0.15) is 37.2 Å². The predicted octanol–water partition coefficient (Wildman–Crippen LogP) is 2.53. The Balaban J connectivity index is 1.74. The van der Waals surface area contributed by atoms with E-state index in [2.05, 4.69) is 0 Å². The summed E-state index contributed by atoms with van der Waals surface area (Å²) in [4.78, 5) is 25.2. The van der Waals surface area contributed by atoms with Crippen molar-refractivity contribution in [3.05, 3.63) is 35.4 Å². The van der Waals surface area contributed by atoms with Crippen molar-refractivity contribution in [2.24, 2.45) is 5.92 Å². The number of carboxylic acid groups (broad SMARTS) is 1. The van der Waals surface area contributed by atoms with Crippen LogP contribution in [-0.2, 0) is 9.59 Å². The van der Waals surface area contributed by atoms with Gasteiger partial charge in [-0.2, -0.15) is 0 Å². The zero-order valence-electron chi connectivity index (χ0n) is 12.0. The van der Waals surface area contributed by atoms with E-state index in [1.807, 2.05) is 0 Å². The number of hydrogen-bond acceptors (Lipinski definition) is 2. The fraction of sp³-hybridized carbons (Fsp3) is 0.500. The number of carbonyl (C=O) groups excluding carboxylic acids is 1. The molecular weight excluding hydrogens is 292 g/mol. The summed E-state index contributed by atoms with van der Waals surface area (Å²) < 4.78 is 27.0. The van der Waals surface area contributed by atoms with Crippen LogP contribution in [0.25, 0.3) is 0 Å². The summed E-state index contributed by atoms with van der Waals surface area (Å²) in [6, 6.07) is 2.44. The molecule has 2 fully saturated rings. The highest BCUT2D eigenvalue weighted by atomic mass is 19.1. The average Bonchev–Trinajstić information content (AvgIpc) is 3.29. The number of carboxylic acids is 1. The standard InChI is InChI=1S/C16H17F2NO3/c17-9-4-5-13(18)11(7-9)10-8-12(10)15(20)19-6-2-1-3-14(19)16(21)22/h4-5,7,10,12,14H,1-3,6,8H2,(H,21,22)/t10?,12?,14-/m1/s1. The lowest BCUT2D eigenvalue weighted by atomic mass is 10.0. The minimum Gasteiger partial charge on any atom is -0.480 e. The molecule has 6 heteroatoms. The summed E-state index contributed by atoms with van der Waals surface area (Å²) in [5.74, 6) is -3.08. The normalized spacial score (nSPS) is 27.5. The van der Waals surface area contributed by atoms with Crippen molar-refractivity contribution in [1.82, 2.24) is 4.90 Å². The number of halogens is 2. The van der Waals surface area contributed by atoms with Crippen molar-refractivity contribution in [2.45, 2.75) is 37.6 Å². The average molecular weight is 309 g/mol. The Hall–Kier alpha value is -1.98. The van der Waals surface area contributed by atoms with Crippen molar-refractivity contribution in [3.8, 4) is 0 Å². The van der Waals surface area contributed by atoms with E-state index in [0.29, 0.717) is 19.4 Å². The van der Waals surface area contributed by atoms with Crippen LogP contribution in [0.2, 0.25) is 0 Å². The van der Waals surface area contributed by atoms with Crippen LogP contribution in [0.5, 0.6) is 0 Å². The fourth-order valence-corrected chi connectivity index (χ4v) is 3.28. The molecule has 1 heterocycles. The first-order valence-electron chi connectivity index (χ1n) is 7.47. The summed E-state index contributed by atoms with van der Waals surface area (Å²) in [6.07, 6.45) is 2.46. The van der Waals surface area contributed by atoms with E-state index in [0.717, 1.165) is 31.0 Å². The SMILES string of the molecule is O=C(O)[C@H]1CCCCN1C(=O)C1CC1c1cc(F)ccc1F. The minimum atomic E-state index is -0.998. The van der Waals surface area contributed by atoms with E-state index in [1.54, 1.807) is 0 Å². The van der Waals surface area contributed by atoms with Crippen molar-refractivity contribution < 1.29 is 23.5 Å².